The number of carbonyl (C=O) groups is 1. The monoisotopic (exact) mass is 231 g/mol. The Balaban J connectivity index is 3.17. The van der Waals surface area contributed by atoms with Crippen LogP contribution in [0.15, 0.2) is 4.47 Å². The Hall–Kier alpha value is -0.840. The molecule has 5 heteroatoms. The summed E-state index contributed by atoms with van der Waals surface area (Å²) in [6.45, 7) is 3.68. The topological polar surface area (TPSA) is 46.9 Å². The van der Waals surface area contributed by atoms with Gasteiger partial charge in [0.1, 0.15) is 0 Å². The van der Waals surface area contributed by atoms with E-state index in [1.165, 1.54) is 4.68 Å². The van der Waals surface area contributed by atoms with Gasteiger partial charge < -0.3 is 5.32 Å². The molecule has 0 spiro atoms. The molecule has 0 aromatic carbocycles. The van der Waals surface area contributed by atoms with Gasteiger partial charge in [0.2, 0.25) is 0 Å². The van der Waals surface area contributed by atoms with Crippen molar-refractivity contribution < 1.29 is 4.79 Å². The molecular formula is C7H10BrN3O. The number of aromatic nitrogens is 2. The summed E-state index contributed by atoms with van der Waals surface area (Å²) < 4.78 is 2.21. The average Bonchev–Trinajstić information content (AvgIpc) is 2.32. The second-order valence-electron chi connectivity index (χ2n) is 2.45. The summed E-state index contributed by atoms with van der Waals surface area (Å²) in [7, 11) is 1.58. The molecule has 4 nitrogen and oxygen atoms in total. The highest BCUT2D eigenvalue weighted by Crippen LogP contribution is 2.19. The zero-order valence-corrected chi connectivity index (χ0v) is 8.77. The predicted molar refractivity (Wildman–Crippen MR) is 49.3 cm³/mol. The zero-order valence-electron chi connectivity index (χ0n) is 7.18. The fourth-order valence-corrected chi connectivity index (χ4v) is 1.17. The zero-order chi connectivity index (χ0) is 9.30. The number of nitrogens with zero attached hydrogens (tertiary/aromatic N) is 2. The molecule has 0 aliphatic heterocycles. The van der Waals surface area contributed by atoms with Crippen LogP contribution >= 0.6 is 15.9 Å². The predicted octanol–water partition coefficient (Wildman–Crippen LogP) is 1.45. The first-order valence-electron chi connectivity index (χ1n) is 3.51. The number of nitrogens with one attached hydrogen (secondary N) is 1. The minimum absolute atomic E-state index is 0.221. The number of hydrogen-bond donors (Lipinski definition) is 1. The van der Waals surface area contributed by atoms with Gasteiger partial charge in [-0.05, 0) is 29.8 Å². The van der Waals surface area contributed by atoms with Gasteiger partial charge in [-0.2, -0.15) is 9.78 Å². The number of rotatable bonds is 0. The minimum atomic E-state index is -0.221. The van der Waals surface area contributed by atoms with E-state index in [2.05, 4.69) is 26.3 Å². The third-order valence-electron chi connectivity index (χ3n) is 1.61. The average molecular weight is 232 g/mol. The molecule has 1 amide bonds. The molecule has 66 valence electrons. The molecule has 0 aliphatic carbocycles. The maximum Gasteiger partial charge on any atom is 0.342 e. The summed E-state index contributed by atoms with van der Waals surface area (Å²) in [6, 6.07) is -0.221. The van der Waals surface area contributed by atoms with Gasteiger partial charge in [0.05, 0.1) is 15.9 Å². The van der Waals surface area contributed by atoms with Crippen molar-refractivity contribution in [2.45, 2.75) is 13.8 Å². The van der Waals surface area contributed by atoms with Crippen LogP contribution in [0.5, 0.6) is 0 Å². The quantitative estimate of drug-likeness (QED) is 0.735. The van der Waals surface area contributed by atoms with Crippen molar-refractivity contribution in [2.75, 3.05) is 7.05 Å². The van der Waals surface area contributed by atoms with Crippen LogP contribution in [0.4, 0.5) is 4.79 Å². The van der Waals surface area contributed by atoms with E-state index in [0.29, 0.717) is 0 Å². The van der Waals surface area contributed by atoms with E-state index in [9.17, 15) is 4.79 Å². The second-order valence-corrected chi connectivity index (χ2v) is 3.24. The lowest BCUT2D eigenvalue weighted by Crippen LogP contribution is -2.26. The van der Waals surface area contributed by atoms with Gasteiger partial charge in [-0.25, -0.2) is 4.79 Å². The first kappa shape index (κ1) is 9.25. The Labute approximate surface area is 79.1 Å². The van der Waals surface area contributed by atoms with E-state index < -0.39 is 0 Å². The molecule has 0 bridgehead atoms. The lowest BCUT2D eigenvalue weighted by atomic mass is 10.4. The highest BCUT2D eigenvalue weighted by molar-refractivity contribution is 9.10. The van der Waals surface area contributed by atoms with Gasteiger partial charge in [-0.1, -0.05) is 0 Å². The number of halogens is 1. The summed E-state index contributed by atoms with van der Waals surface area (Å²) in [5.74, 6) is 0. The van der Waals surface area contributed by atoms with E-state index in [1.54, 1.807) is 7.05 Å². The summed E-state index contributed by atoms with van der Waals surface area (Å²) in [4.78, 5) is 11.2. The van der Waals surface area contributed by atoms with Crippen LogP contribution in [0, 0.1) is 13.8 Å². The Morgan fingerprint density at radius 2 is 2.17 bits per heavy atom. The summed E-state index contributed by atoms with van der Waals surface area (Å²) in [6.07, 6.45) is 0. The van der Waals surface area contributed by atoms with Crippen molar-refractivity contribution in [1.29, 1.82) is 0 Å². The van der Waals surface area contributed by atoms with Crippen LogP contribution in [-0.4, -0.2) is 22.9 Å². The molecule has 0 unspecified atom stereocenters. The van der Waals surface area contributed by atoms with Crippen molar-refractivity contribution in [3.63, 3.8) is 0 Å². The first-order valence-corrected chi connectivity index (χ1v) is 4.31. The Bertz CT molecular complexity index is 319. The number of aryl methyl sites for hydroxylation is 1. The molecular weight excluding hydrogens is 222 g/mol. The normalized spacial score (nSPS) is 10.0. The molecule has 1 N–H and O–H groups in total. The first-order chi connectivity index (χ1) is 5.57. The summed E-state index contributed by atoms with van der Waals surface area (Å²) >= 11 is 3.33. The molecule has 0 saturated heterocycles. The van der Waals surface area contributed by atoms with Crippen molar-refractivity contribution >= 4 is 22.0 Å². The fourth-order valence-electron chi connectivity index (χ4n) is 0.927. The number of carbonyl (C=O) groups excluding carboxylic acids is 1. The van der Waals surface area contributed by atoms with E-state index >= 15 is 0 Å². The van der Waals surface area contributed by atoms with Crippen molar-refractivity contribution in [2.24, 2.45) is 0 Å². The molecule has 1 rings (SSSR count). The maximum atomic E-state index is 11.2. The van der Waals surface area contributed by atoms with Crippen LogP contribution in [0.25, 0.3) is 0 Å². The third kappa shape index (κ3) is 1.36. The molecule has 1 aromatic rings. The maximum absolute atomic E-state index is 11.2. The highest BCUT2D eigenvalue weighted by Gasteiger charge is 2.12. The van der Waals surface area contributed by atoms with Crippen LogP contribution in [-0.2, 0) is 0 Å². The Morgan fingerprint density at radius 1 is 1.58 bits per heavy atom. The molecule has 1 heterocycles. The summed E-state index contributed by atoms with van der Waals surface area (Å²) in [5.41, 5.74) is 1.63. The molecule has 0 radical (unpaired) electrons. The highest BCUT2D eigenvalue weighted by atomic mass is 79.9. The van der Waals surface area contributed by atoms with Crippen LogP contribution < -0.4 is 5.32 Å². The molecule has 0 atom stereocenters. The second kappa shape index (κ2) is 3.26. The standard InChI is InChI=1S/C7H10BrN3O/c1-4-6(8)5(2)11(10-4)7(12)9-3/h1-3H3,(H,9,12). The van der Waals surface area contributed by atoms with Gasteiger partial charge >= 0.3 is 6.03 Å². The van der Waals surface area contributed by atoms with Crippen molar-refractivity contribution in [3.05, 3.63) is 15.9 Å². The van der Waals surface area contributed by atoms with Crippen molar-refractivity contribution in [3.8, 4) is 0 Å². The lowest BCUT2D eigenvalue weighted by molar-refractivity contribution is 0.241. The van der Waals surface area contributed by atoms with Crippen LogP contribution in [0.2, 0.25) is 0 Å². The van der Waals surface area contributed by atoms with E-state index in [0.717, 1.165) is 15.9 Å². The number of amides is 1. The minimum Gasteiger partial charge on any atom is -0.339 e. The van der Waals surface area contributed by atoms with E-state index in [4.69, 9.17) is 0 Å². The third-order valence-corrected chi connectivity index (χ3v) is 2.76. The van der Waals surface area contributed by atoms with Crippen LogP contribution in [0.1, 0.15) is 11.4 Å². The van der Waals surface area contributed by atoms with Gasteiger partial charge in [0, 0.05) is 7.05 Å². The Kier molecular flexibility index (Phi) is 2.52. The molecule has 12 heavy (non-hydrogen) atoms. The van der Waals surface area contributed by atoms with Gasteiger partial charge in [-0.3, -0.25) is 0 Å². The molecule has 0 saturated carbocycles. The van der Waals surface area contributed by atoms with Gasteiger partial charge in [0.25, 0.3) is 0 Å². The molecule has 0 aliphatic rings. The van der Waals surface area contributed by atoms with Gasteiger partial charge in [0.15, 0.2) is 0 Å². The Morgan fingerprint density at radius 3 is 2.50 bits per heavy atom. The fraction of sp³-hybridized carbons (Fsp3) is 0.429. The SMILES string of the molecule is CNC(=O)n1nc(C)c(Br)c1C. The lowest BCUT2D eigenvalue weighted by Gasteiger charge is -1.99. The molecule has 1 aromatic heterocycles. The largest absolute Gasteiger partial charge is 0.342 e. The number of hydrogen-bond acceptors (Lipinski definition) is 2. The van der Waals surface area contributed by atoms with Crippen molar-refractivity contribution in [1.82, 2.24) is 15.1 Å². The van der Waals surface area contributed by atoms with Crippen LogP contribution in [0.3, 0.4) is 0 Å². The smallest absolute Gasteiger partial charge is 0.339 e. The van der Waals surface area contributed by atoms with E-state index in [-0.39, 0.29) is 6.03 Å². The molecule has 0 fully saturated rings. The van der Waals surface area contributed by atoms with Gasteiger partial charge in [-0.15, -0.1) is 0 Å². The summed E-state index contributed by atoms with van der Waals surface area (Å²) in [5, 5.41) is 6.54. The van der Waals surface area contributed by atoms with E-state index in [1.807, 2.05) is 13.8 Å².